The highest BCUT2D eigenvalue weighted by Gasteiger charge is 2.42. The molecule has 4 nitrogen and oxygen atoms in total. The molecule has 0 aromatic carbocycles. The molecule has 1 aromatic rings. The molecule has 0 amide bonds. The van der Waals surface area contributed by atoms with E-state index in [1.54, 1.807) is 0 Å². The largest absolute Gasteiger partial charge is 0.573 e. The van der Waals surface area contributed by atoms with Crippen LogP contribution in [0.5, 0.6) is 5.75 Å². The Kier molecular flexibility index (Phi) is 4.49. The molecule has 0 aliphatic carbocycles. The van der Waals surface area contributed by atoms with Crippen molar-refractivity contribution in [3.8, 4) is 5.75 Å². The first-order valence-electron chi connectivity index (χ1n) is 4.72. The molecular weight excluding hydrogens is 318 g/mol. The van der Waals surface area contributed by atoms with Crippen molar-refractivity contribution < 1.29 is 35.9 Å². The van der Waals surface area contributed by atoms with E-state index < -0.39 is 47.0 Å². The van der Waals surface area contributed by atoms with E-state index in [9.17, 15) is 31.1 Å². The average Bonchev–Trinajstić information content (AvgIpc) is 2.25. The van der Waals surface area contributed by atoms with E-state index in [0.717, 1.165) is 0 Å². The van der Waals surface area contributed by atoms with Crippen LogP contribution in [0.25, 0.3) is 0 Å². The second-order valence-electron chi connectivity index (χ2n) is 3.36. The summed E-state index contributed by atoms with van der Waals surface area (Å²) in [4.78, 5) is 14.2. The van der Waals surface area contributed by atoms with Crippen molar-refractivity contribution in [1.82, 2.24) is 4.98 Å². The third kappa shape index (κ3) is 3.97. The van der Waals surface area contributed by atoms with Crippen LogP contribution in [0.15, 0.2) is 6.07 Å². The lowest BCUT2D eigenvalue weighted by Gasteiger charge is -2.17. The van der Waals surface area contributed by atoms with Gasteiger partial charge in [0.25, 0.3) is 5.24 Å². The van der Waals surface area contributed by atoms with Crippen molar-refractivity contribution in [3.05, 3.63) is 23.0 Å². The number of nitrogens with two attached hydrogens (primary N) is 1. The van der Waals surface area contributed by atoms with Crippen molar-refractivity contribution in [2.45, 2.75) is 19.1 Å². The number of ether oxygens (including phenoxy) is 1. The van der Waals surface area contributed by atoms with Crippen LogP contribution in [-0.2, 0) is 12.7 Å². The molecule has 2 N–H and O–H groups in total. The van der Waals surface area contributed by atoms with Gasteiger partial charge < -0.3 is 10.5 Å². The van der Waals surface area contributed by atoms with E-state index in [1.807, 2.05) is 0 Å². The first kappa shape index (κ1) is 16.5. The SMILES string of the molecule is NCc1cc(C(F)(F)F)c(OC(F)(F)F)c(C(=O)Cl)n1. The predicted octanol–water partition coefficient (Wildman–Crippen LogP) is 2.84. The molecule has 20 heavy (non-hydrogen) atoms. The molecule has 11 heteroatoms. The second-order valence-corrected chi connectivity index (χ2v) is 3.71. The minimum absolute atomic E-state index is 0.254. The van der Waals surface area contributed by atoms with Gasteiger partial charge in [0.1, 0.15) is 5.56 Å². The molecule has 112 valence electrons. The molecule has 0 aliphatic rings. The van der Waals surface area contributed by atoms with Gasteiger partial charge in [-0.1, -0.05) is 0 Å². The molecule has 0 aliphatic heterocycles. The topological polar surface area (TPSA) is 65.2 Å². The zero-order chi connectivity index (χ0) is 15.7. The van der Waals surface area contributed by atoms with Gasteiger partial charge >= 0.3 is 12.5 Å². The Hall–Kier alpha value is -1.55. The number of pyridine rings is 1. The van der Waals surface area contributed by atoms with Gasteiger partial charge in [-0.05, 0) is 17.7 Å². The summed E-state index contributed by atoms with van der Waals surface area (Å²) < 4.78 is 77.8. The van der Waals surface area contributed by atoms with Crippen molar-refractivity contribution in [3.63, 3.8) is 0 Å². The van der Waals surface area contributed by atoms with Gasteiger partial charge in [-0.25, -0.2) is 4.98 Å². The average molecular weight is 323 g/mol. The summed E-state index contributed by atoms with van der Waals surface area (Å²) >= 11 is 4.93. The van der Waals surface area contributed by atoms with Crippen molar-refractivity contribution >= 4 is 16.8 Å². The normalized spacial score (nSPS) is 12.4. The van der Waals surface area contributed by atoms with Crippen LogP contribution in [-0.4, -0.2) is 16.6 Å². The number of nitrogens with zero attached hydrogens (tertiary/aromatic N) is 1. The van der Waals surface area contributed by atoms with E-state index in [2.05, 4.69) is 9.72 Å². The maximum atomic E-state index is 12.7. The minimum Gasteiger partial charge on any atom is -0.403 e. The molecule has 0 unspecified atom stereocenters. The summed E-state index contributed by atoms with van der Waals surface area (Å²) in [5, 5.41) is -1.63. The maximum Gasteiger partial charge on any atom is 0.573 e. The zero-order valence-corrected chi connectivity index (χ0v) is 10.0. The molecule has 0 saturated carbocycles. The van der Waals surface area contributed by atoms with Crippen LogP contribution < -0.4 is 10.5 Å². The molecule has 0 bridgehead atoms. The number of carbonyl (C=O) groups is 1. The standard InChI is InChI=1S/C9H5ClF6N2O2/c10-7(19)5-6(20-9(14,15)16)4(8(11,12)13)1-3(2-17)18-5/h1H,2,17H2. The third-order valence-electron chi connectivity index (χ3n) is 1.94. The molecule has 0 spiro atoms. The van der Waals surface area contributed by atoms with Crippen molar-refractivity contribution in [2.75, 3.05) is 0 Å². The van der Waals surface area contributed by atoms with Gasteiger partial charge in [-0.2, -0.15) is 13.2 Å². The van der Waals surface area contributed by atoms with Crippen LogP contribution in [0.2, 0.25) is 0 Å². The van der Waals surface area contributed by atoms with Crippen LogP contribution in [0.1, 0.15) is 21.7 Å². The maximum absolute atomic E-state index is 12.7. The second kappa shape index (κ2) is 5.44. The van der Waals surface area contributed by atoms with Crippen LogP contribution in [0.4, 0.5) is 26.3 Å². The first-order chi connectivity index (χ1) is 8.95. The summed E-state index contributed by atoms with van der Waals surface area (Å²) in [6.45, 7) is -0.535. The number of hydrogen-bond acceptors (Lipinski definition) is 4. The van der Waals surface area contributed by atoms with Gasteiger partial charge in [0.2, 0.25) is 0 Å². The smallest absolute Gasteiger partial charge is 0.403 e. The van der Waals surface area contributed by atoms with Crippen LogP contribution >= 0.6 is 11.6 Å². The molecule has 1 aromatic heterocycles. The van der Waals surface area contributed by atoms with E-state index in [-0.39, 0.29) is 6.07 Å². The van der Waals surface area contributed by atoms with E-state index in [4.69, 9.17) is 17.3 Å². The highest BCUT2D eigenvalue weighted by Crippen LogP contribution is 2.40. The number of carbonyl (C=O) groups excluding carboxylic acids is 1. The molecule has 0 radical (unpaired) electrons. The van der Waals surface area contributed by atoms with Crippen LogP contribution in [0.3, 0.4) is 0 Å². The fourth-order valence-corrected chi connectivity index (χ4v) is 1.38. The Bertz CT molecular complexity index is 528. The van der Waals surface area contributed by atoms with Gasteiger partial charge in [0.15, 0.2) is 11.4 Å². The number of alkyl halides is 6. The van der Waals surface area contributed by atoms with Gasteiger partial charge in [0, 0.05) is 6.54 Å². The summed E-state index contributed by atoms with van der Waals surface area (Å²) in [6, 6.07) is 0.254. The Morgan fingerprint density at radius 3 is 2.20 bits per heavy atom. The highest BCUT2D eigenvalue weighted by molar-refractivity contribution is 6.67. The Balaban J connectivity index is 3.61. The lowest BCUT2D eigenvalue weighted by atomic mass is 10.1. The van der Waals surface area contributed by atoms with E-state index in [0.29, 0.717) is 0 Å². The molecule has 1 rings (SSSR count). The molecule has 0 saturated heterocycles. The first-order valence-corrected chi connectivity index (χ1v) is 5.10. The summed E-state index contributed by atoms with van der Waals surface area (Å²) in [6.07, 6.45) is -10.7. The molecule has 0 fully saturated rings. The Morgan fingerprint density at radius 1 is 1.30 bits per heavy atom. The number of halogens is 7. The van der Waals surface area contributed by atoms with E-state index in [1.165, 1.54) is 0 Å². The van der Waals surface area contributed by atoms with Gasteiger partial charge in [-0.15, -0.1) is 13.2 Å². The summed E-state index contributed by atoms with van der Waals surface area (Å²) in [5.41, 5.74) is 1.45. The van der Waals surface area contributed by atoms with Crippen molar-refractivity contribution in [2.24, 2.45) is 5.73 Å². The third-order valence-corrected chi connectivity index (χ3v) is 2.12. The zero-order valence-electron chi connectivity index (χ0n) is 9.27. The highest BCUT2D eigenvalue weighted by atomic mass is 35.5. The predicted molar refractivity (Wildman–Crippen MR) is 54.0 cm³/mol. The lowest BCUT2D eigenvalue weighted by Crippen LogP contribution is -2.23. The lowest BCUT2D eigenvalue weighted by molar-refractivity contribution is -0.276. The van der Waals surface area contributed by atoms with Crippen molar-refractivity contribution in [1.29, 1.82) is 0 Å². The quantitative estimate of drug-likeness (QED) is 0.686. The molecule has 0 atom stereocenters. The minimum atomic E-state index is -5.45. The number of hydrogen-bond donors (Lipinski definition) is 1. The molecular formula is C9H5ClF6N2O2. The Labute approximate surface area is 112 Å². The fraction of sp³-hybridized carbons (Fsp3) is 0.333. The molecule has 1 heterocycles. The van der Waals surface area contributed by atoms with E-state index >= 15 is 0 Å². The van der Waals surface area contributed by atoms with Gasteiger partial charge in [-0.3, -0.25) is 4.79 Å². The fourth-order valence-electron chi connectivity index (χ4n) is 1.25. The Morgan fingerprint density at radius 2 is 1.85 bits per heavy atom. The monoisotopic (exact) mass is 322 g/mol. The summed E-state index contributed by atoms with van der Waals surface area (Å²) in [5.74, 6) is -1.80. The summed E-state index contributed by atoms with van der Waals surface area (Å²) in [7, 11) is 0. The van der Waals surface area contributed by atoms with Gasteiger partial charge in [0.05, 0.1) is 5.69 Å². The number of aromatic nitrogens is 1. The number of rotatable bonds is 3. The van der Waals surface area contributed by atoms with Crippen LogP contribution in [0, 0.1) is 0 Å².